The van der Waals surface area contributed by atoms with Crippen molar-refractivity contribution in [1.29, 1.82) is 0 Å². The van der Waals surface area contributed by atoms with E-state index in [1.165, 1.54) is 12.1 Å². The smallest absolute Gasteiger partial charge is 0.338 e. The topological polar surface area (TPSA) is 108 Å². The number of hydrogen-bond donors (Lipinski definition) is 1. The molecule has 1 aromatic heterocycles. The van der Waals surface area contributed by atoms with Crippen LogP contribution in [0.2, 0.25) is 5.28 Å². The molecular weight excluding hydrogens is 404 g/mol. The Labute approximate surface area is 169 Å². The van der Waals surface area contributed by atoms with E-state index >= 15 is 0 Å². The van der Waals surface area contributed by atoms with Gasteiger partial charge in [-0.15, -0.1) is 0 Å². The second-order valence-electron chi connectivity index (χ2n) is 5.84. The van der Waals surface area contributed by atoms with Gasteiger partial charge < -0.3 is 4.90 Å². The van der Waals surface area contributed by atoms with Crippen LogP contribution in [-0.2, 0) is 10.0 Å². The van der Waals surface area contributed by atoms with Crippen molar-refractivity contribution in [2.75, 3.05) is 29.4 Å². The molecule has 0 unspecified atom stereocenters. The Hall–Kier alpha value is -2.46. The van der Waals surface area contributed by atoms with Crippen LogP contribution in [0, 0.1) is 6.92 Å². The number of carbonyl (C=O) groups is 1. The number of urea groups is 1. The van der Waals surface area contributed by atoms with Gasteiger partial charge in [0.1, 0.15) is 0 Å². The Morgan fingerprint density at radius 2 is 1.57 bits per heavy atom. The Balaban J connectivity index is 2.32. The number of anilines is 2. The first-order valence-electron chi connectivity index (χ1n) is 8.79. The summed E-state index contributed by atoms with van der Waals surface area (Å²) in [6.45, 7) is 8.78. The zero-order valence-electron chi connectivity index (χ0n) is 16.2. The fourth-order valence-electron chi connectivity index (χ4n) is 2.42. The predicted octanol–water partition coefficient (Wildman–Crippen LogP) is 2.60. The van der Waals surface area contributed by atoms with Crippen LogP contribution in [0.1, 0.15) is 26.3 Å². The molecule has 152 valence electrons. The molecule has 0 aliphatic rings. The maximum Gasteiger partial charge on any atom is 0.338 e. The Morgan fingerprint density at radius 1 is 1.00 bits per heavy atom. The molecule has 0 aliphatic carbocycles. The fraction of sp³-hybridized carbons (Fsp3) is 0.412. The third kappa shape index (κ3) is 5.08. The number of halogens is 1. The number of amides is 2. The normalized spacial score (nSPS) is 11.2. The minimum absolute atomic E-state index is 0.0139. The highest BCUT2D eigenvalue weighted by molar-refractivity contribution is 7.90. The molecule has 2 aromatic rings. The van der Waals surface area contributed by atoms with Crippen molar-refractivity contribution in [3.8, 4) is 0 Å². The van der Waals surface area contributed by atoms with Gasteiger partial charge >= 0.3 is 6.03 Å². The van der Waals surface area contributed by atoms with Crippen molar-refractivity contribution < 1.29 is 13.2 Å². The molecule has 0 atom stereocenters. The van der Waals surface area contributed by atoms with Crippen LogP contribution in [0.3, 0.4) is 0 Å². The third-order valence-electron chi connectivity index (χ3n) is 3.99. The van der Waals surface area contributed by atoms with Crippen LogP contribution in [0.5, 0.6) is 0 Å². The Bertz CT molecular complexity index is 932. The van der Waals surface area contributed by atoms with E-state index in [-0.39, 0.29) is 22.7 Å². The van der Waals surface area contributed by atoms with Crippen LogP contribution in [0.15, 0.2) is 29.2 Å². The van der Waals surface area contributed by atoms with Gasteiger partial charge in [0.25, 0.3) is 10.0 Å². The van der Waals surface area contributed by atoms with Gasteiger partial charge in [0.15, 0.2) is 0 Å². The summed E-state index contributed by atoms with van der Waals surface area (Å²) in [6, 6.07) is 5.28. The summed E-state index contributed by atoms with van der Waals surface area (Å²) >= 11 is 5.99. The monoisotopic (exact) mass is 426 g/mol. The minimum atomic E-state index is -4.04. The van der Waals surface area contributed by atoms with Crippen molar-refractivity contribution in [2.24, 2.45) is 0 Å². The van der Waals surface area contributed by atoms with Crippen LogP contribution in [0.25, 0.3) is 0 Å². The van der Waals surface area contributed by atoms with E-state index in [1.807, 2.05) is 30.4 Å². The van der Waals surface area contributed by atoms with E-state index in [1.54, 1.807) is 19.1 Å². The van der Waals surface area contributed by atoms with Crippen LogP contribution >= 0.6 is 11.6 Å². The summed E-state index contributed by atoms with van der Waals surface area (Å²) in [6.07, 6.45) is 0. The number of sulfonamides is 1. The number of nitrogens with zero attached hydrogens (tertiary/aromatic N) is 5. The highest BCUT2D eigenvalue weighted by Crippen LogP contribution is 2.18. The number of hydrogen-bond acceptors (Lipinski definition) is 7. The molecule has 0 saturated carbocycles. The molecule has 9 nitrogen and oxygen atoms in total. The van der Waals surface area contributed by atoms with Gasteiger partial charge in [-0.3, -0.25) is 4.90 Å². The molecule has 11 heteroatoms. The number of benzene rings is 1. The van der Waals surface area contributed by atoms with Gasteiger partial charge in [0.05, 0.1) is 4.90 Å². The fourth-order valence-corrected chi connectivity index (χ4v) is 3.52. The van der Waals surface area contributed by atoms with E-state index in [9.17, 15) is 13.2 Å². The van der Waals surface area contributed by atoms with E-state index in [2.05, 4.69) is 15.0 Å². The third-order valence-corrected chi connectivity index (χ3v) is 5.49. The van der Waals surface area contributed by atoms with Gasteiger partial charge in [0, 0.05) is 19.6 Å². The van der Waals surface area contributed by atoms with E-state index in [0.29, 0.717) is 19.0 Å². The van der Waals surface area contributed by atoms with Crippen molar-refractivity contribution in [3.63, 3.8) is 0 Å². The molecule has 1 aromatic carbocycles. The SMILES string of the molecule is CCN(CC)c1nc(Cl)nc(N(CC)C(=O)NS(=O)(=O)c2ccc(C)cc2)n1. The van der Waals surface area contributed by atoms with E-state index in [4.69, 9.17) is 11.6 Å². The highest BCUT2D eigenvalue weighted by atomic mass is 35.5. The van der Waals surface area contributed by atoms with Crippen molar-refractivity contribution >= 4 is 39.6 Å². The quantitative estimate of drug-likeness (QED) is 0.724. The molecule has 0 radical (unpaired) electrons. The second-order valence-corrected chi connectivity index (χ2v) is 7.87. The zero-order chi connectivity index (χ0) is 20.9. The maximum absolute atomic E-state index is 12.6. The first-order valence-corrected chi connectivity index (χ1v) is 10.6. The van der Waals surface area contributed by atoms with Crippen LogP contribution < -0.4 is 14.5 Å². The average molecular weight is 427 g/mol. The van der Waals surface area contributed by atoms with Crippen molar-refractivity contribution in [2.45, 2.75) is 32.6 Å². The zero-order valence-corrected chi connectivity index (χ0v) is 17.8. The number of aryl methyl sites for hydroxylation is 1. The molecule has 0 aliphatic heterocycles. The summed E-state index contributed by atoms with van der Waals surface area (Å²) in [5, 5.41) is -0.0838. The van der Waals surface area contributed by atoms with Gasteiger partial charge in [-0.25, -0.2) is 17.9 Å². The predicted molar refractivity (Wildman–Crippen MR) is 108 cm³/mol. The largest absolute Gasteiger partial charge is 0.341 e. The minimum Gasteiger partial charge on any atom is -0.341 e. The number of carbonyl (C=O) groups excluding carboxylic acids is 1. The maximum atomic E-state index is 12.6. The van der Waals surface area contributed by atoms with Gasteiger partial charge in [-0.1, -0.05) is 17.7 Å². The summed E-state index contributed by atoms with van der Waals surface area (Å²) in [5.74, 6) is 0.286. The summed E-state index contributed by atoms with van der Waals surface area (Å²) < 4.78 is 27.0. The molecule has 0 fully saturated rings. The lowest BCUT2D eigenvalue weighted by Crippen LogP contribution is -2.44. The molecule has 28 heavy (non-hydrogen) atoms. The van der Waals surface area contributed by atoms with Gasteiger partial charge in [0.2, 0.25) is 17.2 Å². The molecule has 2 amide bonds. The van der Waals surface area contributed by atoms with Gasteiger partial charge in [-0.05, 0) is 51.4 Å². The van der Waals surface area contributed by atoms with Gasteiger partial charge in [-0.2, -0.15) is 15.0 Å². The summed E-state index contributed by atoms with van der Waals surface area (Å²) in [4.78, 5) is 27.9. The van der Waals surface area contributed by atoms with Crippen LogP contribution in [-0.4, -0.2) is 49.0 Å². The summed E-state index contributed by atoms with van der Waals surface area (Å²) in [7, 11) is -4.04. The molecular formula is C17H23ClN6O3S. The number of rotatable bonds is 7. The average Bonchev–Trinajstić information content (AvgIpc) is 2.63. The lowest BCUT2D eigenvalue weighted by molar-refractivity contribution is 0.251. The summed E-state index contributed by atoms with van der Waals surface area (Å²) in [5.41, 5.74) is 0.907. The van der Waals surface area contributed by atoms with Crippen molar-refractivity contribution in [3.05, 3.63) is 35.1 Å². The first-order chi connectivity index (χ1) is 13.2. The lowest BCUT2D eigenvalue weighted by Gasteiger charge is -2.22. The molecule has 0 bridgehead atoms. The molecule has 1 N–H and O–H groups in total. The molecule has 0 spiro atoms. The first kappa shape index (κ1) is 21.8. The second kappa shape index (κ2) is 9.16. The highest BCUT2D eigenvalue weighted by Gasteiger charge is 2.25. The van der Waals surface area contributed by atoms with E-state index in [0.717, 1.165) is 10.5 Å². The van der Waals surface area contributed by atoms with Crippen LogP contribution in [0.4, 0.5) is 16.7 Å². The Kier molecular flexibility index (Phi) is 7.14. The standard InChI is InChI=1S/C17H23ClN6O3S/c1-5-23(6-2)15-19-14(18)20-16(21-15)24(7-3)17(25)22-28(26,27)13-10-8-12(4)9-11-13/h8-11H,5-7H2,1-4H3,(H,22,25). The number of aromatic nitrogens is 3. The van der Waals surface area contributed by atoms with Crippen molar-refractivity contribution in [1.82, 2.24) is 19.7 Å². The molecule has 2 rings (SSSR count). The lowest BCUT2D eigenvalue weighted by atomic mass is 10.2. The molecule has 1 heterocycles. The molecule has 0 saturated heterocycles. The van der Waals surface area contributed by atoms with E-state index < -0.39 is 16.1 Å². The number of nitrogens with one attached hydrogen (secondary N) is 1. The Morgan fingerprint density at radius 3 is 2.11 bits per heavy atom.